The summed E-state index contributed by atoms with van der Waals surface area (Å²) in [6.07, 6.45) is 4.11. The van der Waals surface area contributed by atoms with Crippen LogP contribution in [0.1, 0.15) is 40.5 Å². The van der Waals surface area contributed by atoms with E-state index in [4.69, 9.17) is 4.74 Å². The van der Waals surface area contributed by atoms with Crippen LogP contribution in [0.15, 0.2) is 24.4 Å². The van der Waals surface area contributed by atoms with Crippen LogP contribution in [-0.4, -0.2) is 41.4 Å². The van der Waals surface area contributed by atoms with Gasteiger partial charge in [-0.05, 0) is 52.7 Å². The first kappa shape index (κ1) is 14.8. The predicted octanol–water partition coefficient (Wildman–Crippen LogP) is 2.60. The second-order valence-corrected chi connectivity index (χ2v) is 7.51. The molecule has 1 aromatic heterocycles. The average Bonchev–Trinajstić information content (AvgIpc) is 2.93. The van der Waals surface area contributed by atoms with Gasteiger partial charge in [0.1, 0.15) is 5.82 Å². The second-order valence-electron chi connectivity index (χ2n) is 7.51. The highest BCUT2D eigenvalue weighted by molar-refractivity contribution is 5.39. The molecule has 1 aromatic rings. The Morgan fingerprint density at radius 2 is 2.10 bits per heavy atom. The highest BCUT2D eigenvalue weighted by Gasteiger charge is 2.46. The van der Waals surface area contributed by atoms with Gasteiger partial charge in [-0.3, -0.25) is 0 Å². The van der Waals surface area contributed by atoms with Gasteiger partial charge >= 0.3 is 0 Å². The summed E-state index contributed by atoms with van der Waals surface area (Å²) >= 11 is 0. The van der Waals surface area contributed by atoms with Crippen molar-refractivity contribution >= 4 is 5.82 Å². The molecule has 0 amide bonds. The summed E-state index contributed by atoms with van der Waals surface area (Å²) < 4.78 is 6.18. The zero-order valence-electron chi connectivity index (χ0n) is 13.6. The van der Waals surface area contributed by atoms with E-state index in [1.807, 2.05) is 12.3 Å². The molecule has 2 aliphatic heterocycles. The Hall–Kier alpha value is -1.13. The molecule has 1 N–H and O–H groups in total. The Bertz CT molecular complexity index is 486. The van der Waals surface area contributed by atoms with Crippen molar-refractivity contribution in [3.05, 3.63) is 24.4 Å². The molecule has 0 saturated carbocycles. The Kier molecular flexibility index (Phi) is 3.70. The molecule has 21 heavy (non-hydrogen) atoms. The lowest BCUT2D eigenvalue weighted by molar-refractivity contribution is -0.0703. The minimum absolute atomic E-state index is 0.0273. The lowest BCUT2D eigenvalue weighted by atomic mass is 9.93. The van der Waals surface area contributed by atoms with E-state index in [1.54, 1.807) is 0 Å². The Labute approximate surface area is 127 Å². The number of ether oxygens (including phenoxy) is 1. The van der Waals surface area contributed by atoms with Crippen molar-refractivity contribution in [3.63, 3.8) is 0 Å². The number of hydrogen-bond donors (Lipinski definition) is 1. The van der Waals surface area contributed by atoms with E-state index >= 15 is 0 Å². The van der Waals surface area contributed by atoms with Crippen LogP contribution >= 0.6 is 0 Å². The van der Waals surface area contributed by atoms with Gasteiger partial charge < -0.3 is 15.0 Å². The van der Waals surface area contributed by atoms with E-state index in [1.165, 1.54) is 6.42 Å². The van der Waals surface area contributed by atoms with Gasteiger partial charge in [0.25, 0.3) is 0 Å². The molecule has 4 nitrogen and oxygen atoms in total. The zero-order chi connectivity index (χ0) is 15.1. The SMILES string of the molecule is CC1(C)C[C@H](N[C@H]2CCN(c3ccccn3)C2)C(C)(C)O1. The van der Waals surface area contributed by atoms with Crippen LogP contribution in [0.5, 0.6) is 0 Å². The van der Waals surface area contributed by atoms with E-state index < -0.39 is 0 Å². The maximum absolute atomic E-state index is 6.18. The summed E-state index contributed by atoms with van der Waals surface area (Å²) in [6.45, 7) is 10.9. The third-order valence-electron chi connectivity index (χ3n) is 4.67. The van der Waals surface area contributed by atoms with Crippen molar-refractivity contribution in [2.45, 2.75) is 63.8 Å². The van der Waals surface area contributed by atoms with Crippen LogP contribution in [-0.2, 0) is 4.74 Å². The van der Waals surface area contributed by atoms with Gasteiger partial charge in [0, 0.05) is 31.4 Å². The molecule has 4 heteroatoms. The topological polar surface area (TPSA) is 37.4 Å². The van der Waals surface area contributed by atoms with E-state index in [0.29, 0.717) is 12.1 Å². The van der Waals surface area contributed by atoms with Crippen molar-refractivity contribution in [2.75, 3.05) is 18.0 Å². The molecule has 0 bridgehead atoms. The zero-order valence-corrected chi connectivity index (χ0v) is 13.6. The minimum atomic E-state index is -0.0953. The van der Waals surface area contributed by atoms with E-state index in [9.17, 15) is 0 Å². The van der Waals surface area contributed by atoms with Crippen molar-refractivity contribution in [1.82, 2.24) is 10.3 Å². The number of hydrogen-bond acceptors (Lipinski definition) is 4. The molecule has 2 saturated heterocycles. The lowest BCUT2D eigenvalue weighted by Crippen LogP contribution is -2.48. The van der Waals surface area contributed by atoms with Crippen molar-refractivity contribution in [1.29, 1.82) is 0 Å². The van der Waals surface area contributed by atoms with Gasteiger partial charge in [-0.2, -0.15) is 0 Å². The lowest BCUT2D eigenvalue weighted by Gasteiger charge is -2.30. The molecule has 3 heterocycles. The molecule has 116 valence electrons. The maximum atomic E-state index is 6.18. The number of nitrogens with zero attached hydrogens (tertiary/aromatic N) is 2. The van der Waals surface area contributed by atoms with Crippen molar-refractivity contribution in [3.8, 4) is 0 Å². The summed E-state index contributed by atoms with van der Waals surface area (Å²) in [5, 5.41) is 3.83. The predicted molar refractivity (Wildman–Crippen MR) is 85.6 cm³/mol. The third-order valence-corrected chi connectivity index (χ3v) is 4.67. The van der Waals surface area contributed by atoms with Crippen LogP contribution < -0.4 is 10.2 Å². The van der Waals surface area contributed by atoms with Crippen LogP contribution in [0.3, 0.4) is 0 Å². The number of rotatable bonds is 3. The fourth-order valence-electron chi connectivity index (χ4n) is 3.75. The van der Waals surface area contributed by atoms with E-state index in [0.717, 1.165) is 25.3 Å². The summed E-state index contributed by atoms with van der Waals surface area (Å²) in [7, 11) is 0. The largest absolute Gasteiger partial charge is 0.368 e. The first-order chi connectivity index (χ1) is 9.86. The van der Waals surface area contributed by atoms with Gasteiger partial charge in [0.15, 0.2) is 0 Å². The smallest absolute Gasteiger partial charge is 0.128 e. The fourth-order valence-corrected chi connectivity index (χ4v) is 3.75. The molecular formula is C17H27N3O. The Morgan fingerprint density at radius 3 is 2.71 bits per heavy atom. The van der Waals surface area contributed by atoms with Gasteiger partial charge in [-0.25, -0.2) is 4.98 Å². The Balaban J connectivity index is 1.60. The van der Waals surface area contributed by atoms with E-state index in [-0.39, 0.29) is 11.2 Å². The highest BCUT2D eigenvalue weighted by atomic mass is 16.5. The normalized spacial score (nSPS) is 30.8. The van der Waals surface area contributed by atoms with Gasteiger partial charge in [0.2, 0.25) is 0 Å². The fraction of sp³-hybridized carbons (Fsp3) is 0.706. The third kappa shape index (κ3) is 3.22. The molecule has 0 aliphatic carbocycles. The monoisotopic (exact) mass is 289 g/mol. The van der Waals surface area contributed by atoms with Gasteiger partial charge in [-0.1, -0.05) is 6.07 Å². The first-order valence-corrected chi connectivity index (χ1v) is 7.98. The average molecular weight is 289 g/mol. The minimum Gasteiger partial charge on any atom is -0.368 e. The molecule has 0 unspecified atom stereocenters. The highest BCUT2D eigenvalue weighted by Crippen LogP contribution is 2.37. The van der Waals surface area contributed by atoms with Gasteiger partial charge in [0.05, 0.1) is 11.2 Å². The molecule has 3 rings (SSSR count). The standard InChI is InChI=1S/C17H27N3O/c1-16(2)11-14(17(3,4)21-16)19-13-8-10-20(12-13)15-7-5-6-9-18-15/h5-7,9,13-14,19H,8,10-12H2,1-4H3/t13-,14-/m0/s1. The molecule has 2 atom stereocenters. The summed E-state index contributed by atoms with van der Waals surface area (Å²) in [5.41, 5.74) is -0.123. The number of anilines is 1. The second kappa shape index (κ2) is 5.25. The van der Waals surface area contributed by atoms with Crippen LogP contribution in [0.25, 0.3) is 0 Å². The Morgan fingerprint density at radius 1 is 1.29 bits per heavy atom. The quantitative estimate of drug-likeness (QED) is 0.928. The van der Waals surface area contributed by atoms with E-state index in [2.05, 4.69) is 55.0 Å². The number of nitrogens with one attached hydrogen (secondary N) is 1. The van der Waals surface area contributed by atoms with Crippen LogP contribution in [0.2, 0.25) is 0 Å². The summed E-state index contributed by atoms with van der Waals surface area (Å²) in [5.74, 6) is 1.09. The number of pyridine rings is 1. The number of aromatic nitrogens is 1. The molecule has 0 spiro atoms. The van der Waals surface area contributed by atoms with Crippen molar-refractivity contribution < 1.29 is 4.74 Å². The van der Waals surface area contributed by atoms with Crippen LogP contribution in [0, 0.1) is 0 Å². The first-order valence-electron chi connectivity index (χ1n) is 7.98. The molecule has 0 aromatic carbocycles. The summed E-state index contributed by atoms with van der Waals surface area (Å²) in [4.78, 5) is 6.82. The van der Waals surface area contributed by atoms with Crippen LogP contribution in [0.4, 0.5) is 5.82 Å². The molecular weight excluding hydrogens is 262 g/mol. The molecule has 0 radical (unpaired) electrons. The maximum Gasteiger partial charge on any atom is 0.128 e. The summed E-state index contributed by atoms with van der Waals surface area (Å²) in [6, 6.07) is 7.05. The van der Waals surface area contributed by atoms with Crippen molar-refractivity contribution in [2.24, 2.45) is 0 Å². The molecule has 2 fully saturated rings. The van der Waals surface area contributed by atoms with Gasteiger partial charge in [-0.15, -0.1) is 0 Å². The molecule has 2 aliphatic rings.